The molecule has 6 nitrogen and oxygen atoms in total. The fourth-order valence-corrected chi connectivity index (χ4v) is 4.10. The van der Waals surface area contributed by atoms with E-state index in [0.717, 1.165) is 25.5 Å². The summed E-state index contributed by atoms with van der Waals surface area (Å²) in [7, 11) is 5.88. The van der Waals surface area contributed by atoms with Gasteiger partial charge in [0.2, 0.25) is 5.88 Å². The fourth-order valence-electron chi connectivity index (χ4n) is 4.10. The molecule has 1 aliphatic heterocycles. The van der Waals surface area contributed by atoms with Crippen LogP contribution in [0.4, 0.5) is 5.82 Å². The van der Waals surface area contributed by atoms with Gasteiger partial charge in [0.05, 0.1) is 7.11 Å². The van der Waals surface area contributed by atoms with Gasteiger partial charge in [0, 0.05) is 56.4 Å². The van der Waals surface area contributed by atoms with Gasteiger partial charge >= 0.3 is 0 Å². The van der Waals surface area contributed by atoms with Gasteiger partial charge in [-0.15, -0.1) is 0 Å². The maximum absolute atomic E-state index is 5.25. The van der Waals surface area contributed by atoms with Crippen LogP contribution in [-0.4, -0.2) is 52.7 Å². The number of ether oxygens (including phenoxy) is 1. The van der Waals surface area contributed by atoms with Gasteiger partial charge in [0.15, 0.2) is 0 Å². The fraction of sp³-hybridized carbons (Fsp3) is 0.429. The number of hydrogen-bond acceptors (Lipinski definition) is 5. The van der Waals surface area contributed by atoms with E-state index in [0.29, 0.717) is 11.9 Å². The van der Waals surface area contributed by atoms with Crippen molar-refractivity contribution >= 4 is 16.7 Å². The molecule has 3 aromatic rings. The predicted molar refractivity (Wildman–Crippen MR) is 108 cm³/mol. The van der Waals surface area contributed by atoms with Gasteiger partial charge < -0.3 is 14.2 Å². The molecule has 27 heavy (non-hydrogen) atoms. The molecule has 1 aliphatic rings. The van der Waals surface area contributed by atoms with E-state index in [2.05, 4.69) is 68.9 Å². The van der Waals surface area contributed by atoms with Crippen LogP contribution in [0.1, 0.15) is 18.4 Å². The molecule has 0 N–H and O–H groups in total. The Balaban J connectivity index is 1.49. The first kappa shape index (κ1) is 17.8. The van der Waals surface area contributed by atoms with Crippen molar-refractivity contribution in [3.8, 4) is 5.88 Å². The third kappa shape index (κ3) is 3.62. The van der Waals surface area contributed by atoms with Crippen LogP contribution < -0.4 is 9.64 Å². The Bertz CT molecular complexity index is 922. The van der Waals surface area contributed by atoms with Gasteiger partial charge in [-0.05, 0) is 31.0 Å². The highest BCUT2D eigenvalue weighted by Crippen LogP contribution is 2.25. The average molecular weight is 365 g/mol. The van der Waals surface area contributed by atoms with E-state index in [-0.39, 0.29) is 0 Å². The van der Waals surface area contributed by atoms with Gasteiger partial charge in [-0.3, -0.25) is 4.90 Å². The molecule has 1 aromatic carbocycles. The van der Waals surface area contributed by atoms with E-state index in [9.17, 15) is 0 Å². The van der Waals surface area contributed by atoms with Gasteiger partial charge in [-0.2, -0.15) is 0 Å². The lowest BCUT2D eigenvalue weighted by atomic mass is 10.0. The van der Waals surface area contributed by atoms with Crippen molar-refractivity contribution in [2.75, 3.05) is 32.1 Å². The SMILES string of the molecule is COc1cc(N(C)C2CCCN(Cc3cn(C)c4ccccc34)C2)ncn1. The van der Waals surface area contributed by atoms with Gasteiger partial charge in [0.25, 0.3) is 0 Å². The highest BCUT2D eigenvalue weighted by Gasteiger charge is 2.25. The molecule has 2 aromatic heterocycles. The summed E-state index contributed by atoms with van der Waals surface area (Å²) in [5.41, 5.74) is 2.70. The predicted octanol–water partition coefficient (Wildman–Crippen LogP) is 3.08. The summed E-state index contributed by atoms with van der Waals surface area (Å²) in [4.78, 5) is 13.4. The van der Waals surface area contributed by atoms with E-state index in [1.807, 2.05) is 6.07 Å². The molecule has 1 saturated heterocycles. The molecule has 0 radical (unpaired) electrons. The van der Waals surface area contributed by atoms with Crippen LogP contribution in [0.25, 0.3) is 10.9 Å². The third-order valence-electron chi connectivity index (χ3n) is 5.60. The molecular formula is C21H27N5O. The largest absolute Gasteiger partial charge is 0.481 e. The Hall–Kier alpha value is -2.60. The maximum Gasteiger partial charge on any atom is 0.218 e. The van der Waals surface area contributed by atoms with Crippen molar-refractivity contribution in [2.45, 2.75) is 25.4 Å². The number of aryl methyl sites for hydroxylation is 1. The highest BCUT2D eigenvalue weighted by molar-refractivity contribution is 5.83. The van der Waals surface area contributed by atoms with Crippen LogP contribution in [0.3, 0.4) is 0 Å². The van der Waals surface area contributed by atoms with E-state index in [4.69, 9.17) is 4.74 Å². The number of methoxy groups -OCH3 is 1. The minimum Gasteiger partial charge on any atom is -0.481 e. The van der Waals surface area contributed by atoms with Crippen molar-refractivity contribution in [2.24, 2.45) is 7.05 Å². The number of likely N-dealkylation sites (N-methyl/N-ethyl adjacent to an activating group) is 1. The number of rotatable bonds is 5. The van der Waals surface area contributed by atoms with Gasteiger partial charge in [-0.25, -0.2) is 9.97 Å². The zero-order chi connectivity index (χ0) is 18.8. The number of nitrogens with zero attached hydrogens (tertiary/aromatic N) is 5. The molecule has 1 unspecified atom stereocenters. The third-order valence-corrected chi connectivity index (χ3v) is 5.60. The summed E-state index contributed by atoms with van der Waals surface area (Å²) in [6.07, 6.45) is 6.21. The molecule has 1 fully saturated rings. The molecule has 3 heterocycles. The summed E-state index contributed by atoms with van der Waals surface area (Å²) in [6.45, 7) is 3.16. The number of hydrogen-bond donors (Lipinski definition) is 0. The lowest BCUT2D eigenvalue weighted by Gasteiger charge is -2.38. The first-order valence-corrected chi connectivity index (χ1v) is 9.50. The topological polar surface area (TPSA) is 46.4 Å². The number of aromatic nitrogens is 3. The molecule has 0 spiro atoms. The zero-order valence-corrected chi connectivity index (χ0v) is 16.3. The first-order chi connectivity index (χ1) is 13.2. The number of fused-ring (bicyclic) bond motifs is 1. The normalized spacial score (nSPS) is 18.0. The zero-order valence-electron chi connectivity index (χ0n) is 16.3. The van der Waals surface area contributed by atoms with Crippen LogP contribution in [0.15, 0.2) is 42.9 Å². The quantitative estimate of drug-likeness (QED) is 0.695. The molecule has 0 bridgehead atoms. The number of benzene rings is 1. The summed E-state index contributed by atoms with van der Waals surface area (Å²) in [5, 5.41) is 1.36. The lowest BCUT2D eigenvalue weighted by molar-refractivity contribution is 0.199. The summed E-state index contributed by atoms with van der Waals surface area (Å²) in [5.74, 6) is 1.52. The van der Waals surface area contributed by atoms with Crippen LogP contribution in [-0.2, 0) is 13.6 Å². The Morgan fingerprint density at radius 3 is 2.96 bits per heavy atom. The molecular weight excluding hydrogens is 338 g/mol. The highest BCUT2D eigenvalue weighted by atomic mass is 16.5. The monoisotopic (exact) mass is 365 g/mol. The van der Waals surface area contributed by atoms with E-state index < -0.39 is 0 Å². The summed E-state index contributed by atoms with van der Waals surface area (Å²) in [6, 6.07) is 11.0. The van der Waals surface area contributed by atoms with Crippen molar-refractivity contribution in [1.82, 2.24) is 19.4 Å². The Labute approximate surface area is 160 Å². The van der Waals surface area contributed by atoms with E-state index in [1.54, 1.807) is 13.4 Å². The van der Waals surface area contributed by atoms with Crippen molar-refractivity contribution in [3.05, 3.63) is 48.4 Å². The van der Waals surface area contributed by atoms with E-state index >= 15 is 0 Å². The second-order valence-corrected chi connectivity index (χ2v) is 7.34. The minimum absolute atomic E-state index is 0.438. The Morgan fingerprint density at radius 1 is 1.26 bits per heavy atom. The molecule has 4 rings (SSSR count). The molecule has 6 heteroatoms. The minimum atomic E-state index is 0.438. The van der Waals surface area contributed by atoms with Crippen LogP contribution in [0.2, 0.25) is 0 Å². The Morgan fingerprint density at radius 2 is 2.11 bits per heavy atom. The smallest absolute Gasteiger partial charge is 0.218 e. The van der Waals surface area contributed by atoms with Crippen LogP contribution >= 0.6 is 0 Å². The number of piperidine rings is 1. The Kier molecular flexibility index (Phi) is 4.99. The first-order valence-electron chi connectivity index (χ1n) is 9.50. The summed E-state index contributed by atoms with van der Waals surface area (Å²) >= 11 is 0. The van der Waals surface area contributed by atoms with Crippen LogP contribution in [0, 0.1) is 0 Å². The number of para-hydroxylation sites is 1. The maximum atomic E-state index is 5.25. The number of anilines is 1. The standard InChI is InChI=1S/C21H27N5O/c1-24-12-16(18-8-4-5-9-19(18)24)13-26-10-6-7-17(14-26)25(2)20-11-21(27-3)23-15-22-20/h4-5,8-9,11-12,15,17H,6-7,10,13-14H2,1-3H3. The van der Waals surface area contributed by atoms with Gasteiger partial charge in [0.1, 0.15) is 12.1 Å². The van der Waals surface area contributed by atoms with Crippen molar-refractivity contribution in [3.63, 3.8) is 0 Å². The van der Waals surface area contributed by atoms with Gasteiger partial charge in [-0.1, -0.05) is 18.2 Å². The molecule has 0 saturated carbocycles. The second kappa shape index (κ2) is 7.56. The summed E-state index contributed by atoms with van der Waals surface area (Å²) < 4.78 is 7.47. The molecule has 0 amide bonds. The van der Waals surface area contributed by atoms with Crippen molar-refractivity contribution < 1.29 is 4.74 Å². The lowest BCUT2D eigenvalue weighted by Crippen LogP contribution is -2.46. The average Bonchev–Trinajstić information content (AvgIpc) is 3.03. The second-order valence-electron chi connectivity index (χ2n) is 7.34. The van der Waals surface area contributed by atoms with E-state index in [1.165, 1.54) is 29.3 Å². The van der Waals surface area contributed by atoms with Crippen molar-refractivity contribution in [1.29, 1.82) is 0 Å². The molecule has 1 atom stereocenters. The van der Waals surface area contributed by atoms with Crippen LogP contribution in [0.5, 0.6) is 5.88 Å². The molecule has 0 aliphatic carbocycles. The number of likely N-dealkylation sites (tertiary alicyclic amines) is 1. The molecule has 142 valence electrons.